The molecule has 1 heterocycles. The highest BCUT2D eigenvalue weighted by Crippen LogP contribution is 2.40. The third kappa shape index (κ3) is 9.90. The lowest BCUT2D eigenvalue weighted by molar-refractivity contribution is -0.148. The van der Waals surface area contributed by atoms with Gasteiger partial charge in [-0.3, -0.25) is 19.2 Å². The Kier molecular flexibility index (Phi) is 12.6. The Morgan fingerprint density at radius 3 is 2.19 bits per heavy atom. The molecule has 0 aromatic heterocycles. The largest absolute Gasteiger partial charge is 0.381 e. The van der Waals surface area contributed by atoms with Crippen molar-refractivity contribution >= 4 is 35.4 Å². The van der Waals surface area contributed by atoms with Crippen LogP contribution in [0.2, 0.25) is 0 Å². The summed E-state index contributed by atoms with van der Waals surface area (Å²) < 4.78 is 5.13. The Bertz CT molecular complexity index is 1520. The van der Waals surface area contributed by atoms with Crippen LogP contribution >= 0.6 is 11.8 Å². The summed E-state index contributed by atoms with van der Waals surface area (Å²) in [5.41, 5.74) is 3.69. The molecule has 0 unspecified atom stereocenters. The normalized spacial score (nSPS) is 17.3. The molecule has 4 amide bonds. The summed E-state index contributed by atoms with van der Waals surface area (Å²) in [6.45, 7) is 7.47. The summed E-state index contributed by atoms with van der Waals surface area (Å²) in [5.74, 6) is -1.84. The van der Waals surface area contributed by atoms with Crippen LogP contribution in [0.25, 0.3) is 0 Å². The van der Waals surface area contributed by atoms with Crippen LogP contribution in [0.3, 0.4) is 0 Å². The molecule has 250 valence electrons. The van der Waals surface area contributed by atoms with E-state index in [1.165, 1.54) is 23.6 Å². The van der Waals surface area contributed by atoms with Gasteiger partial charge in [-0.05, 0) is 49.4 Å². The molecule has 4 N–H and O–H groups in total. The van der Waals surface area contributed by atoms with Gasteiger partial charge in [-0.1, -0.05) is 84.9 Å². The maximum absolute atomic E-state index is 14.0. The molecule has 1 aliphatic rings. The molecule has 0 aliphatic carbocycles. The highest BCUT2D eigenvalue weighted by Gasteiger charge is 2.49. The predicted molar refractivity (Wildman–Crippen MR) is 182 cm³/mol. The summed E-state index contributed by atoms with van der Waals surface area (Å²) in [6.07, 6.45) is -1.55. The van der Waals surface area contributed by atoms with Crippen molar-refractivity contribution in [1.82, 2.24) is 20.9 Å². The van der Waals surface area contributed by atoms with Crippen LogP contribution in [0, 0.1) is 6.92 Å². The van der Waals surface area contributed by atoms with Gasteiger partial charge in [0.1, 0.15) is 12.1 Å². The molecule has 0 saturated carbocycles. The van der Waals surface area contributed by atoms with E-state index in [2.05, 4.69) is 16.0 Å². The number of aliphatic hydroxyl groups is 1. The van der Waals surface area contributed by atoms with Gasteiger partial charge in [0.2, 0.25) is 17.7 Å². The minimum absolute atomic E-state index is 0.123. The van der Waals surface area contributed by atoms with Crippen LogP contribution in [0.1, 0.15) is 43.0 Å². The topological polar surface area (TPSA) is 137 Å². The summed E-state index contributed by atoms with van der Waals surface area (Å²) in [7, 11) is 0. The number of aryl methyl sites for hydroxylation is 1. The quantitative estimate of drug-likeness (QED) is 0.209. The summed E-state index contributed by atoms with van der Waals surface area (Å²) in [6, 6.07) is 23.3. The molecule has 4 atom stereocenters. The van der Waals surface area contributed by atoms with Crippen molar-refractivity contribution < 1.29 is 29.0 Å². The van der Waals surface area contributed by atoms with Gasteiger partial charge in [0.15, 0.2) is 6.10 Å². The first-order valence-corrected chi connectivity index (χ1v) is 16.6. The molecule has 47 heavy (non-hydrogen) atoms. The van der Waals surface area contributed by atoms with Crippen molar-refractivity contribution in [2.24, 2.45) is 0 Å². The van der Waals surface area contributed by atoms with E-state index in [1.54, 1.807) is 0 Å². The molecule has 0 radical (unpaired) electrons. The average Bonchev–Trinajstić information content (AvgIpc) is 3.38. The van der Waals surface area contributed by atoms with Gasteiger partial charge in [-0.15, -0.1) is 11.8 Å². The third-order valence-electron chi connectivity index (χ3n) is 8.14. The Morgan fingerprint density at radius 1 is 0.936 bits per heavy atom. The Hall–Kier alpha value is -4.19. The van der Waals surface area contributed by atoms with E-state index in [0.29, 0.717) is 6.54 Å². The zero-order chi connectivity index (χ0) is 34.0. The van der Waals surface area contributed by atoms with E-state index in [4.69, 9.17) is 4.74 Å². The van der Waals surface area contributed by atoms with Crippen LogP contribution in [0.15, 0.2) is 84.9 Å². The minimum Gasteiger partial charge on any atom is -0.381 e. The summed E-state index contributed by atoms with van der Waals surface area (Å²) >= 11 is 1.44. The second-order valence-corrected chi connectivity index (χ2v) is 13.8. The van der Waals surface area contributed by atoms with Gasteiger partial charge in [-0.2, -0.15) is 0 Å². The summed E-state index contributed by atoms with van der Waals surface area (Å²) in [4.78, 5) is 54.6. The smallest absolute Gasteiger partial charge is 0.254 e. The van der Waals surface area contributed by atoms with Crippen LogP contribution in [0.4, 0.5) is 0 Å². The molecule has 1 aliphatic heterocycles. The number of carbonyl (C=O) groups is 4. The highest BCUT2D eigenvalue weighted by molar-refractivity contribution is 8.00. The number of hydrogen-bond acceptors (Lipinski definition) is 7. The Morgan fingerprint density at radius 2 is 1.55 bits per heavy atom. The number of thioether (sulfide) groups is 1. The van der Waals surface area contributed by atoms with E-state index in [-0.39, 0.29) is 31.4 Å². The van der Waals surface area contributed by atoms with E-state index in [9.17, 15) is 24.3 Å². The maximum Gasteiger partial charge on any atom is 0.254 e. The lowest BCUT2D eigenvalue weighted by Gasteiger charge is -2.33. The SMILES string of the molecule is CC(=O)N[C@H](COCc1ccccc1)C(=O)N[C@@H](Cc1ccccc1)[C@H](O)C(=O)N1CSC(C)(C)[C@H]1C(=O)NCc1ccccc1C. The molecule has 11 heteroatoms. The van der Waals surface area contributed by atoms with Crippen molar-refractivity contribution in [3.05, 3.63) is 107 Å². The fraction of sp³-hybridized carbons (Fsp3) is 0.389. The average molecular weight is 661 g/mol. The fourth-order valence-electron chi connectivity index (χ4n) is 5.53. The first-order chi connectivity index (χ1) is 22.5. The first-order valence-electron chi connectivity index (χ1n) is 15.6. The van der Waals surface area contributed by atoms with Crippen molar-refractivity contribution in [2.45, 2.75) is 76.2 Å². The van der Waals surface area contributed by atoms with E-state index < -0.39 is 46.7 Å². The first kappa shape index (κ1) is 35.7. The van der Waals surface area contributed by atoms with Crippen molar-refractivity contribution in [1.29, 1.82) is 0 Å². The molecule has 3 aromatic rings. The number of ether oxygens (including phenoxy) is 1. The Balaban J connectivity index is 1.51. The van der Waals surface area contributed by atoms with Gasteiger partial charge >= 0.3 is 0 Å². The monoisotopic (exact) mass is 660 g/mol. The standard InChI is InChI=1S/C36H44N4O6S/c1-24-13-11-12-18-28(24)20-37-34(44)32-36(3,4)47-23-40(32)35(45)31(42)29(19-26-14-7-5-8-15-26)39-33(43)30(38-25(2)41)22-46-21-27-16-9-6-10-17-27/h5-18,29-32,42H,19-23H2,1-4H3,(H,37,44)(H,38,41)(H,39,43)/t29-,30+,31-,32+/m0/s1. The van der Waals surface area contributed by atoms with E-state index in [1.807, 2.05) is 106 Å². The van der Waals surface area contributed by atoms with Gasteiger partial charge < -0.3 is 30.7 Å². The second kappa shape index (κ2) is 16.6. The maximum atomic E-state index is 14.0. The van der Waals surface area contributed by atoms with E-state index >= 15 is 0 Å². The number of benzene rings is 3. The molecular weight excluding hydrogens is 616 g/mol. The van der Waals surface area contributed by atoms with Crippen LogP contribution < -0.4 is 16.0 Å². The van der Waals surface area contributed by atoms with Gasteiger partial charge in [0.05, 0.1) is 25.1 Å². The van der Waals surface area contributed by atoms with Gasteiger partial charge in [0, 0.05) is 18.2 Å². The van der Waals surface area contributed by atoms with E-state index in [0.717, 1.165) is 22.3 Å². The molecule has 1 fully saturated rings. The third-order valence-corrected chi connectivity index (χ3v) is 9.52. The second-order valence-electron chi connectivity index (χ2n) is 12.2. The molecule has 4 rings (SSSR count). The lowest BCUT2D eigenvalue weighted by Crippen LogP contribution is -2.60. The van der Waals surface area contributed by atoms with Gasteiger partial charge in [-0.25, -0.2) is 0 Å². The molecule has 0 bridgehead atoms. The fourth-order valence-corrected chi connectivity index (χ4v) is 6.67. The number of carbonyl (C=O) groups excluding carboxylic acids is 4. The van der Waals surface area contributed by atoms with Gasteiger partial charge in [0.25, 0.3) is 5.91 Å². The van der Waals surface area contributed by atoms with Crippen molar-refractivity contribution in [3.63, 3.8) is 0 Å². The minimum atomic E-state index is -1.68. The van der Waals surface area contributed by atoms with Crippen molar-refractivity contribution in [3.8, 4) is 0 Å². The zero-order valence-corrected chi connectivity index (χ0v) is 28.1. The molecular formula is C36H44N4O6S. The zero-order valence-electron chi connectivity index (χ0n) is 27.3. The van der Waals surface area contributed by atoms with Crippen LogP contribution in [-0.4, -0.2) is 75.1 Å². The molecule has 3 aromatic carbocycles. The summed E-state index contributed by atoms with van der Waals surface area (Å²) in [5, 5.41) is 20.0. The predicted octanol–water partition coefficient (Wildman–Crippen LogP) is 3.10. The number of hydrogen-bond donors (Lipinski definition) is 4. The Labute approximate surface area is 280 Å². The number of aliphatic hydroxyl groups excluding tert-OH is 1. The van der Waals surface area contributed by atoms with Crippen LogP contribution in [-0.2, 0) is 43.5 Å². The lowest BCUT2D eigenvalue weighted by atomic mass is 9.96. The molecule has 10 nitrogen and oxygen atoms in total. The number of rotatable bonds is 14. The number of nitrogens with one attached hydrogen (secondary N) is 3. The van der Waals surface area contributed by atoms with Crippen molar-refractivity contribution in [2.75, 3.05) is 12.5 Å². The van der Waals surface area contributed by atoms with Crippen LogP contribution in [0.5, 0.6) is 0 Å². The highest BCUT2D eigenvalue weighted by atomic mass is 32.2. The number of nitrogens with zero attached hydrogens (tertiary/aromatic N) is 1. The number of amides is 4. The molecule has 0 spiro atoms. The molecule has 1 saturated heterocycles.